The summed E-state index contributed by atoms with van der Waals surface area (Å²) in [6.45, 7) is 1.14. The molecular weight excluding hydrogens is 396 g/mol. The molecule has 0 fully saturated rings. The number of alkyl halides is 6. The third-order valence-corrected chi connectivity index (χ3v) is 3.86. The summed E-state index contributed by atoms with van der Waals surface area (Å²) >= 11 is 1.20. The molecule has 1 nitrogen and oxygen atoms in total. The van der Waals surface area contributed by atoms with Crippen molar-refractivity contribution >= 4 is 22.6 Å². The maximum Gasteiger partial charge on any atom is 0.430 e. The van der Waals surface area contributed by atoms with E-state index in [1.807, 2.05) is 0 Å². The summed E-state index contributed by atoms with van der Waals surface area (Å²) in [5.41, 5.74) is -6.81. The highest BCUT2D eigenvalue weighted by atomic mass is 127. The summed E-state index contributed by atoms with van der Waals surface area (Å²) in [6.07, 6.45) is -12.0. The van der Waals surface area contributed by atoms with Crippen LogP contribution in [-0.4, -0.2) is 17.5 Å². The van der Waals surface area contributed by atoms with Crippen molar-refractivity contribution in [1.82, 2.24) is 0 Å². The van der Waals surface area contributed by atoms with E-state index in [2.05, 4.69) is 0 Å². The molecule has 0 unspecified atom stereocenters. The van der Waals surface area contributed by atoms with Gasteiger partial charge in [0.25, 0.3) is 5.60 Å². The predicted octanol–water partition coefficient (Wildman–Crippen LogP) is 4.05. The number of rotatable bonds is 1. The molecule has 1 aromatic rings. The van der Waals surface area contributed by atoms with E-state index in [1.54, 1.807) is 0 Å². The molecule has 0 amide bonds. The molecule has 1 N–H and O–H groups in total. The second-order valence-electron chi connectivity index (χ2n) is 3.79. The normalized spacial score (nSPS) is 13.8. The lowest BCUT2D eigenvalue weighted by Gasteiger charge is -2.33. The molecular formula is C10H6F7IO. The maximum absolute atomic E-state index is 13.1. The number of hydrogen-bond acceptors (Lipinski definition) is 1. The van der Waals surface area contributed by atoms with Gasteiger partial charge in [0.05, 0.1) is 0 Å². The fourth-order valence-electron chi connectivity index (χ4n) is 1.45. The molecule has 9 heteroatoms. The van der Waals surface area contributed by atoms with Crippen LogP contribution in [0, 0.1) is 16.3 Å². The first-order valence-electron chi connectivity index (χ1n) is 4.64. The van der Waals surface area contributed by atoms with E-state index in [-0.39, 0.29) is 11.6 Å². The zero-order chi connectivity index (χ0) is 15.2. The van der Waals surface area contributed by atoms with Gasteiger partial charge in [-0.1, -0.05) is 0 Å². The Morgan fingerprint density at radius 1 is 1.00 bits per heavy atom. The SMILES string of the molecule is Cc1cc(F)cc(C(O)(C(F)(F)F)C(F)(F)F)c1I. The van der Waals surface area contributed by atoms with Crippen LogP contribution in [0.4, 0.5) is 30.7 Å². The van der Waals surface area contributed by atoms with Crippen LogP contribution >= 0.6 is 22.6 Å². The lowest BCUT2D eigenvalue weighted by atomic mass is 9.91. The molecule has 0 atom stereocenters. The van der Waals surface area contributed by atoms with Gasteiger partial charge >= 0.3 is 12.4 Å². The van der Waals surface area contributed by atoms with Crippen molar-refractivity contribution in [3.8, 4) is 0 Å². The Morgan fingerprint density at radius 2 is 1.42 bits per heavy atom. The molecule has 108 valence electrons. The highest BCUT2D eigenvalue weighted by Crippen LogP contribution is 2.51. The van der Waals surface area contributed by atoms with Gasteiger partial charge in [0.2, 0.25) is 0 Å². The molecule has 0 saturated carbocycles. The van der Waals surface area contributed by atoms with E-state index in [9.17, 15) is 30.7 Å². The van der Waals surface area contributed by atoms with E-state index in [4.69, 9.17) is 5.11 Å². The van der Waals surface area contributed by atoms with Crippen molar-refractivity contribution in [2.75, 3.05) is 0 Å². The zero-order valence-corrected chi connectivity index (χ0v) is 11.3. The van der Waals surface area contributed by atoms with Crippen LogP contribution in [0.15, 0.2) is 12.1 Å². The van der Waals surface area contributed by atoms with Gasteiger partial charge in [0.1, 0.15) is 5.82 Å². The third kappa shape index (κ3) is 2.67. The van der Waals surface area contributed by atoms with Crippen LogP contribution in [0.3, 0.4) is 0 Å². The predicted molar refractivity (Wildman–Crippen MR) is 59.9 cm³/mol. The second kappa shape index (κ2) is 4.76. The summed E-state index contributed by atoms with van der Waals surface area (Å²) in [5.74, 6) is -1.29. The number of benzene rings is 1. The fourth-order valence-corrected chi connectivity index (χ4v) is 2.16. The van der Waals surface area contributed by atoms with Crippen molar-refractivity contribution in [2.45, 2.75) is 24.9 Å². The van der Waals surface area contributed by atoms with E-state index in [0.29, 0.717) is 0 Å². The van der Waals surface area contributed by atoms with Gasteiger partial charge in [0.15, 0.2) is 0 Å². The third-order valence-electron chi connectivity index (χ3n) is 2.43. The van der Waals surface area contributed by atoms with Crippen molar-refractivity contribution in [3.63, 3.8) is 0 Å². The Hall–Kier alpha value is -0.580. The molecule has 0 aliphatic carbocycles. The molecule has 0 spiro atoms. The summed E-state index contributed by atoms with van der Waals surface area (Å²) in [6, 6.07) is 0.814. The molecule has 0 radical (unpaired) electrons. The highest BCUT2D eigenvalue weighted by Gasteiger charge is 2.72. The van der Waals surface area contributed by atoms with Gasteiger partial charge in [-0.2, -0.15) is 26.3 Å². The zero-order valence-electron chi connectivity index (χ0n) is 9.13. The van der Waals surface area contributed by atoms with Crippen molar-refractivity contribution in [1.29, 1.82) is 0 Å². The standard InChI is InChI=1S/C10H6F7IO/c1-4-2-5(11)3-6(7(4)18)8(19,9(12,13)14)10(15,16)17/h2-3,19H,1H3. The van der Waals surface area contributed by atoms with Crippen molar-refractivity contribution < 1.29 is 35.8 Å². The van der Waals surface area contributed by atoms with Crippen LogP contribution in [0.2, 0.25) is 0 Å². The van der Waals surface area contributed by atoms with Crippen LogP contribution < -0.4 is 0 Å². The molecule has 1 rings (SSSR count). The Bertz CT molecular complexity index is 478. The van der Waals surface area contributed by atoms with Gasteiger partial charge in [-0.3, -0.25) is 0 Å². The van der Waals surface area contributed by atoms with E-state index >= 15 is 0 Å². The molecule has 0 aliphatic rings. The van der Waals surface area contributed by atoms with Crippen LogP contribution in [0.5, 0.6) is 0 Å². The van der Waals surface area contributed by atoms with E-state index < -0.39 is 32.9 Å². The van der Waals surface area contributed by atoms with Gasteiger partial charge in [-0.25, -0.2) is 4.39 Å². The molecule has 0 heterocycles. The van der Waals surface area contributed by atoms with Crippen molar-refractivity contribution in [3.05, 3.63) is 32.6 Å². The van der Waals surface area contributed by atoms with Gasteiger partial charge in [-0.15, -0.1) is 0 Å². The lowest BCUT2D eigenvalue weighted by molar-refractivity contribution is -0.376. The lowest BCUT2D eigenvalue weighted by Crippen LogP contribution is -2.54. The average molecular weight is 402 g/mol. The quantitative estimate of drug-likeness (QED) is 0.556. The van der Waals surface area contributed by atoms with Gasteiger partial charge < -0.3 is 5.11 Å². The largest absolute Gasteiger partial charge is 0.430 e. The number of aliphatic hydroxyl groups is 1. The van der Waals surface area contributed by atoms with Crippen molar-refractivity contribution in [2.24, 2.45) is 0 Å². The summed E-state index contributed by atoms with van der Waals surface area (Å²) in [7, 11) is 0. The smallest absolute Gasteiger partial charge is 0.369 e. The minimum atomic E-state index is -6.02. The minimum Gasteiger partial charge on any atom is -0.369 e. The number of aryl methyl sites for hydroxylation is 1. The summed E-state index contributed by atoms with van der Waals surface area (Å²) < 4.78 is 88.4. The number of halogens is 8. The first-order chi connectivity index (χ1) is 8.32. The fraction of sp³-hybridized carbons (Fsp3) is 0.400. The number of hydrogen-bond donors (Lipinski definition) is 1. The molecule has 0 saturated heterocycles. The Morgan fingerprint density at radius 3 is 1.79 bits per heavy atom. The summed E-state index contributed by atoms with van der Waals surface area (Å²) in [5, 5.41) is 9.16. The van der Waals surface area contributed by atoms with Gasteiger partial charge in [-0.05, 0) is 47.2 Å². The molecule has 0 aromatic heterocycles. The Labute approximate surface area is 116 Å². The maximum atomic E-state index is 13.1. The first-order valence-corrected chi connectivity index (χ1v) is 5.72. The topological polar surface area (TPSA) is 20.2 Å². The molecule has 0 bridgehead atoms. The second-order valence-corrected chi connectivity index (χ2v) is 4.87. The van der Waals surface area contributed by atoms with Crippen LogP contribution in [0.1, 0.15) is 11.1 Å². The monoisotopic (exact) mass is 402 g/mol. The van der Waals surface area contributed by atoms with E-state index in [0.717, 1.165) is 13.0 Å². The Balaban J connectivity index is 3.71. The molecule has 19 heavy (non-hydrogen) atoms. The van der Waals surface area contributed by atoms with Crippen LogP contribution in [-0.2, 0) is 5.60 Å². The highest BCUT2D eigenvalue weighted by molar-refractivity contribution is 14.1. The van der Waals surface area contributed by atoms with E-state index in [1.165, 1.54) is 22.6 Å². The van der Waals surface area contributed by atoms with Gasteiger partial charge in [0, 0.05) is 9.13 Å². The average Bonchev–Trinajstić information content (AvgIpc) is 2.18. The first kappa shape index (κ1) is 16.5. The Kier molecular flexibility index (Phi) is 4.13. The molecule has 1 aromatic carbocycles. The minimum absolute atomic E-state index is 0.0375. The summed E-state index contributed by atoms with van der Waals surface area (Å²) in [4.78, 5) is 0. The molecule has 0 aliphatic heterocycles. The van der Waals surface area contributed by atoms with Crippen LogP contribution in [0.25, 0.3) is 0 Å².